The average Bonchev–Trinajstić information content (AvgIpc) is 1.61. The molecule has 0 fully saturated rings. The smallest absolute Gasteiger partial charge is 0.0344 e. The fourth-order valence-corrected chi connectivity index (χ4v) is 0.285. The molecule has 0 aromatic rings. The quantitative estimate of drug-likeness (QED) is 0.507. The normalized spacial score (nSPS) is 10.1. The van der Waals surface area contributed by atoms with Crippen molar-refractivity contribution < 1.29 is 0 Å². The Morgan fingerprint density at radius 2 is 2.29 bits per heavy atom. The van der Waals surface area contributed by atoms with Crippen LogP contribution in [0.1, 0.15) is 13.3 Å². The summed E-state index contributed by atoms with van der Waals surface area (Å²) in [6.45, 7) is 2.10. The molecule has 0 aromatic carbocycles. The Morgan fingerprint density at radius 3 is 2.43 bits per heavy atom. The molecule has 0 saturated heterocycles. The van der Waals surface area contributed by atoms with E-state index in [0.717, 1.165) is 6.42 Å². The lowest BCUT2D eigenvalue weighted by atomic mass is 10.5. The number of rotatable bonds is 2. The highest BCUT2D eigenvalue weighted by Crippen LogP contribution is 1.81. The molecule has 0 amide bonds. The largest absolute Gasteiger partial charge is 0.379 e. The first kappa shape index (κ1) is 6.54. The van der Waals surface area contributed by atoms with Crippen LogP contribution in [-0.4, -0.2) is 11.9 Å². The molecule has 0 spiro atoms. The van der Waals surface area contributed by atoms with E-state index in [1.54, 1.807) is 4.90 Å². The number of allylic oxidation sites excluding steroid dienone is 1. The van der Waals surface area contributed by atoms with Gasteiger partial charge in [0.1, 0.15) is 0 Å². The van der Waals surface area contributed by atoms with Crippen LogP contribution in [0.5, 0.6) is 0 Å². The summed E-state index contributed by atoms with van der Waals surface area (Å²) in [6.07, 6.45) is 5.09. The molecule has 41 valence electrons. The third kappa shape index (κ3) is 5.54. The maximum absolute atomic E-state index is 3.62. The van der Waals surface area contributed by atoms with Crippen LogP contribution in [0.3, 0.4) is 0 Å². The maximum Gasteiger partial charge on any atom is 0.0344 e. The van der Waals surface area contributed by atoms with Gasteiger partial charge >= 0.3 is 0 Å². The summed E-state index contributed by atoms with van der Waals surface area (Å²) < 4.78 is 0. The molecule has 1 radical (unpaired) electrons. The highest BCUT2D eigenvalue weighted by molar-refractivity contribution is 4.78. The summed E-state index contributed by atoms with van der Waals surface area (Å²) >= 11 is 0. The predicted molar refractivity (Wildman–Crippen MR) is 32.6 cm³/mol. The predicted octanol–water partition coefficient (Wildman–Crippen LogP) is 1.63. The average molecular weight is 98.2 g/mol. The molecule has 0 bridgehead atoms. The molecule has 0 aliphatic carbocycles. The molecule has 0 N–H and O–H groups in total. The van der Waals surface area contributed by atoms with Crippen LogP contribution in [0.15, 0.2) is 12.3 Å². The molecule has 0 rings (SSSR count). The molecule has 0 aliphatic heterocycles. The van der Waals surface area contributed by atoms with Crippen molar-refractivity contribution in [2.75, 3.05) is 7.05 Å². The molecule has 0 unspecified atom stereocenters. The van der Waals surface area contributed by atoms with Gasteiger partial charge in [-0.2, -0.15) is 0 Å². The van der Waals surface area contributed by atoms with E-state index in [1.165, 1.54) is 0 Å². The van der Waals surface area contributed by atoms with Gasteiger partial charge in [-0.3, -0.25) is 0 Å². The van der Waals surface area contributed by atoms with Gasteiger partial charge in [0.05, 0.1) is 0 Å². The summed E-state index contributed by atoms with van der Waals surface area (Å²) in [5.74, 6) is 0. The molecule has 0 aromatic heterocycles. The van der Waals surface area contributed by atoms with Crippen molar-refractivity contribution in [3.8, 4) is 0 Å². The Bertz CT molecular complexity index is 55.2. The summed E-state index contributed by atoms with van der Waals surface area (Å²) in [4.78, 5) is 1.78. The van der Waals surface area contributed by atoms with Gasteiger partial charge in [0, 0.05) is 14.1 Å². The van der Waals surface area contributed by atoms with Gasteiger partial charge in [-0.05, 0) is 12.6 Å². The summed E-state index contributed by atoms with van der Waals surface area (Å²) in [5, 5.41) is 0. The lowest BCUT2D eigenvalue weighted by molar-refractivity contribution is 0.616. The first-order valence-electron chi connectivity index (χ1n) is 2.47. The summed E-state index contributed by atoms with van der Waals surface area (Å²) in [6, 6.07) is 0. The molecular weight excluding hydrogens is 86.1 g/mol. The van der Waals surface area contributed by atoms with Crippen LogP contribution in [0.2, 0.25) is 0 Å². The van der Waals surface area contributed by atoms with Crippen LogP contribution >= 0.6 is 0 Å². The molecule has 7 heavy (non-hydrogen) atoms. The van der Waals surface area contributed by atoms with E-state index in [0.29, 0.717) is 0 Å². The van der Waals surface area contributed by atoms with Gasteiger partial charge in [-0.15, -0.1) is 0 Å². The SMILES string of the molecule is [CH2]N(C)C=CCC. The Morgan fingerprint density at radius 1 is 1.71 bits per heavy atom. The Kier molecular flexibility index (Phi) is 3.48. The van der Waals surface area contributed by atoms with Crippen molar-refractivity contribution in [3.05, 3.63) is 19.3 Å². The molecule has 0 heterocycles. The van der Waals surface area contributed by atoms with Crippen molar-refractivity contribution in [1.29, 1.82) is 0 Å². The van der Waals surface area contributed by atoms with Crippen LogP contribution in [0.4, 0.5) is 0 Å². The van der Waals surface area contributed by atoms with Crippen molar-refractivity contribution in [1.82, 2.24) is 4.90 Å². The Balaban J connectivity index is 3.08. The zero-order valence-corrected chi connectivity index (χ0v) is 5.02. The molecule has 0 aliphatic rings. The fraction of sp³-hybridized carbons (Fsp3) is 0.500. The van der Waals surface area contributed by atoms with E-state index in [4.69, 9.17) is 0 Å². The minimum Gasteiger partial charge on any atom is -0.379 e. The highest BCUT2D eigenvalue weighted by Gasteiger charge is 1.70. The van der Waals surface area contributed by atoms with Crippen LogP contribution in [0, 0.1) is 7.05 Å². The monoisotopic (exact) mass is 98.1 g/mol. The van der Waals surface area contributed by atoms with Gasteiger partial charge in [-0.1, -0.05) is 13.0 Å². The second kappa shape index (κ2) is 3.72. The van der Waals surface area contributed by atoms with Crippen LogP contribution in [0.25, 0.3) is 0 Å². The Labute approximate surface area is 45.6 Å². The molecule has 1 heteroatoms. The minimum atomic E-state index is 1.08. The van der Waals surface area contributed by atoms with Crippen molar-refractivity contribution in [3.63, 3.8) is 0 Å². The summed E-state index contributed by atoms with van der Waals surface area (Å²) in [7, 11) is 5.53. The van der Waals surface area contributed by atoms with Gasteiger partial charge < -0.3 is 4.90 Å². The number of hydrogen-bond donors (Lipinski definition) is 0. The van der Waals surface area contributed by atoms with E-state index in [2.05, 4.69) is 20.0 Å². The minimum absolute atomic E-state index is 1.08. The zero-order valence-electron chi connectivity index (χ0n) is 5.02. The van der Waals surface area contributed by atoms with E-state index in [9.17, 15) is 0 Å². The van der Waals surface area contributed by atoms with Crippen LogP contribution in [-0.2, 0) is 0 Å². The number of hydrogen-bond acceptors (Lipinski definition) is 1. The third-order valence-electron chi connectivity index (χ3n) is 0.596. The summed E-state index contributed by atoms with van der Waals surface area (Å²) in [5.41, 5.74) is 0. The standard InChI is InChI=1S/C6H12N/c1-4-5-6-7(2)3/h5-6H,2,4H2,1,3H3. The third-order valence-corrected chi connectivity index (χ3v) is 0.596. The topological polar surface area (TPSA) is 3.24 Å². The molecule has 0 atom stereocenters. The first-order valence-corrected chi connectivity index (χ1v) is 2.47. The van der Waals surface area contributed by atoms with Crippen molar-refractivity contribution >= 4 is 0 Å². The Hall–Kier alpha value is -0.460. The van der Waals surface area contributed by atoms with E-state index in [1.807, 2.05) is 13.2 Å². The zero-order chi connectivity index (χ0) is 5.70. The second-order valence-electron chi connectivity index (χ2n) is 1.55. The first-order chi connectivity index (χ1) is 3.27. The molecule has 1 nitrogen and oxygen atoms in total. The van der Waals surface area contributed by atoms with E-state index in [-0.39, 0.29) is 0 Å². The van der Waals surface area contributed by atoms with Crippen molar-refractivity contribution in [2.45, 2.75) is 13.3 Å². The van der Waals surface area contributed by atoms with Gasteiger partial charge in [0.2, 0.25) is 0 Å². The van der Waals surface area contributed by atoms with E-state index >= 15 is 0 Å². The van der Waals surface area contributed by atoms with E-state index < -0.39 is 0 Å². The van der Waals surface area contributed by atoms with Gasteiger partial charge in [-0.25, -0.2) is 0 Å². The maximum atomic E-state index is 3.62. The van der Waals surface area contributed by atoms with Gasteiger partial charge in [0.25, 0.3) is 0 Å². The molecule has 0 saturated carbocycles. The lowest BCUT2D eigenvalue weighted by Crippen LogP contribution is -1.95. The molecular formula is C6H12N. The van der Waals surface area contributed by atoms with Gasteiger partial charge in [0.15, 0.2) is 0 Å². The van der Waals surface area contributed by atoms with Crippen LogP contribution < -0.4 is 0 Å². The highest BCUT2D eigenvalue weighted by atomic mass is 15.0. The van der Waals surface area contributed by atoms with Crippen molar-refractivity contribution in [2.24, 2.45) is 0 Å². The lowest BCUT2D eigenvalue weighted by Gasteiger charge is -2.00. The fourth-order valence-electron chi connectivity index (χ4n) is 0.285. The number of nitrogens with zero attached hydrogens (tertiary/aromatic N) is 1. The second-order valence-corrected chi connectivity index (χ2v) is 1.55.